The molecule has 1 aromatic carbocycles. The number of nitrogens with zero attached hydrogens (tertiary/aromatic N) is 4. The lowest BCUT2D eigenvalue weighted by Crippen LogP contribution is -2.38. The fraction of sp³-hybridized carbons (Fsp3) is 0.400. The lowest BCUT2D eigenvalue weighted by Gasteiger charge is -2.25. The van der Waals surface area contributed by atoms with Crippen LogP contribution >= 0.6 is 0 Å². The molecule has 0 unspecified atom stereocenters. The van der Waals surface area contributed by atoms with Crippen molar-refractivity contribution in [3.63, 3.8) is 0 Å². The van der Waals surface area contributed by atoms with E-state index >= 15 is 0 Å². The largest absolute Gasteiger partial charge is 0.331 e. The van der Waals surface area contributed by atoms with Gasteiger partial charge in [-0.1, -0.05) is 6.07 Å². The number of urea groups is 1. The molecular formula is C15H19F2N5O. The van der Waals surface area contributed by atoms with Crippen LogP contribution in [0.3, 0.4) is 0 Å². The second-order valence-electron chi connectivity index (χ2n) is 5.15. The molecule has 0 bridgehead atoms. The first kappa shape index (κ1) is 16.9. The molecule has 0 aliphatic rings. The Balaban J connectivity index is 1.99. The van der Waals surface area contributed by atoms with E-state index in [4.69, 9.17) is 0 Å². The summed E-state index contributed by atoms with van der Waals surface area (Å²) in [6.45, 7) is 4.63. The van der Waals surface area contributed by atoms with Crippen LogP contribution in [-0.2, 0) is 13.1 Å². The van der Waals surface area contributed by atoms with E-state index in [0.717, 1.165) is 12.1 Å². The third-order valence-corrected chi connectivity index (χ3v) is 3.76. The number of rotatable bonds is 5. The van der Waals surface area contributed by atoms with Crippen LogP contribution in [0, 0.1) is 11.6 Å². The molecule has 0 spiro atoms. The number of amides is 2. The Labute approximate surface area is 133 Å². The van der Waals surface area contributed by atoms with E-state index < -0.39 is 17.7 Å². The Hall–Kier alpha value is -2.51. The van der Waals surface area contributed by atoms with E-state index in [1.165, 1.54) is 11.0 Å². The van der Waals surface area contributed by atoms with E-state index in [9.17, 15) is 13.6 Å². The summed E-state index contributed by atoms with van der Waals surface area (Å²) in [7, 11) is 1.59. The maximum absolute atomic E-state index is 13.3. The van der Waals surface area contributed by atoms with Gasteiger partial charge in [0, 0.05) is 13.6 Å². The Bertz CT molecular complexity index is 688. The summed E-state index contributed by atoms with van der Waals surface area (Å²) in [5.74, 6) is -1.19. The van der Waals surface area contributed by atoms with Gasteiger partial charge in [-0.15, -0.1) is 10.2 Å². The number of hydrogen-bond acceptors (Lipinski definition) is 3. The van der Waals surface area contributed by atoms with E-state index in [1.54, 1.807) is 20.3 Å². The molecular weight excluding hydrogens is 304 g/mol. The molecule has 8 heteroatoms. The minimum Gasteiger partial charge on any atom is -0.331 e. The molecule has 1 atom stereocenters. The van der Waals surface area contributed by atoms with Gasteiger partial charge in [0.1, 0.15) is 6.33 Å². The number of carbonyl (C=O) groups excluding carboxylic acids is 1. The first-order chi connectivity index (χ1) is 10.9. The highest BCUT2D eigenvalue weighted by molar-refractivity contribution is 5.74. The smallest absolute Gasteiger partial charge is 0.318 e. The molecule has 0 saturated heterocycles. The fourth-order valence-corrected chi connectivity index (χ4v) is 2.13. The number of aryl methyl sites for hydroxylation is 1. The molecule has 1 heterocycles. The standard InChI is InChI=1S/C15H19F2N5O/c1-4-22-9-19-20-14(22)8-18-15(23)21(3)10(2)11-5-6-12(16)13(17)7-11/h5-7,9-10H,4,8H2,1-3H3,(H,18,23)/t10-/m1/s1. The fourth-order valence-electron chi connectivity index (χ4n) is 2.13. The zero-order valence-corrected chi connectivity index (χ0v) is 13.3. The van der Waals surface area contributed by atoms with Crippen molar-refractivity contribution in [2.24, 2.45) is 0 Å². The topological polar surface area (TPSA) is 63.1 Å². The Morgan fingerprint density at radius 1 is 1.39 bits per heavy atom. The zero-order valence-electron chi connectivity index (χ0n) is 13.3. The minimum atomic E-state index is -0.931. The lowest BCUT2D eigenvalue weighted by atomic mass is 10.1. The molecule has 0 fully saturated rings. The molecule has 2 amide bonds. The third kappa shape index (κ3) is 3.82. The van der Waals surface area contributed by atoms with Crippen LogP contribution in [0.1, 0.15) is 31.3 Å². The van der Waals surface area contributed by atoms with Gasteiger partial charge in [-0.2, -0.15) is 0 Å². The number of benzene rings is 1. The van der Waals surface area contributed by atoms with Crippen molar-refractivity contribution >= 4 is 6.03 Å². The Kier molecular flexibility index (Phi) is 5.25. The molecule has 1 N–H and O–H groups in total. The molecule has 0 aliphatic carbocycles. The van der Waals surface area contributed by atoms with Crippen LogP contribution in [0.4, 0.5) is 13.6 Å². The Morgan fingerprint density at radius 2 is 2.13 bits per heavy atom. The van der Waals surface area contributed by atoms with Crippen LogP contribution in [0.2, 0.25) is 0 Å². The van der Waals surface area contributed by atoms with Crippen LogP contribution in [0.25, 0.3) is 0 Å². The van der Waals surface area contributed by atoms with E-state index in [1.807, 2.05) is 11.5 Å². The normalized spacial score (nSPS) is 12.0. The molecule has 6 nitrogen and oxygen atoms in total. The summed E-state index contributed by atoms with van der Waals surface area (Å²) in [5, 5.41) is 10.5. The highest BCUT2D eigenvalue weighted by atomic mass is 19.2. The van der Waals surface area contributed by atoms with Crippen molar-refractivity contribution in [2.75, 3.05) is 7.05 Å². The maximum Gasteiger partial charge on any atom is 0.318 e. The van der Waals surface area contributed by atoms with Gasteiger partial charge >= 0.3 is 6.03 Å². The zero-order chi connectivity index (χ0) is 17.0. The minimum absolute atomic E-state index is 0.238. The second-order valence-corrected chi connectivity index (χ2v) is 5.15. The average Bonchev–Trinajstić information content (AvgIpc) is 3.01. The summed E-state index contributed by atoms with van der Waals surface area (Å²) < 4.78 is 28.1. The maximum atomic E-state index is 13.3. The predicted molar refractivity (Wildman–Crippen MR) is 80.5 cm³/mol. The monoisotopic (exact) mass is 323 g/mol. The number of carbonyl (C=O) groups is 1. The van der Waals surface area contributed by atoms with Gasteiger partial charge < -0.3 is 14.8 Å². The molecule has 1 aromatic heterocycles. The van der Waals surface area contributed by atoms with Gasteiger partial charge in [0.25, 0.3) is 0 Å². The quantitative estimate of drug-likeness (QED) is 0.919. The first-order valence-corrected chi connectivity index (χ1v) is 7.26. The molecule has 0 saturated carbocycles. The van der Waals surface area contributed by atoms with Crippen molar-refractivity contribution < 1.29 is 13.6 Å². The first-order valence-electron chi connectivity index (χ1n) is 7.26. The van der Waals surface area contributed by atoms with Crippen molar-refractivity contribution in [1.82, 2.24) is 25.0 Å². The molecule has 0 aliphatic heterocycles. The van der Waals surface area contributed by atoms with Crippen LogP contribution in [0.15, 0.2) is 24.5 Å². The van der Waals surface area contributed by atoms with Crippen molar-refractivity contribution in [2.45, 2.75) is 33.0 Å². The highest BCUT2D eigenvalue weighted by Gasteiger charge is 2.19. The van der Waals surface area contributed by atoms with Gasteiger partial charge in [-0.3, -0.25) is 0 Å². The molecule has 124 valence electrons. The van der Waals surface area contributed by atoms with Crippen LogP contribution < -0.4 is 5.32 Å². The van der Waals surface area contributed by atoms with Gasteiger partial charge in [0.05, 0.1) is 12.6 Å². The summed E-state index contributed by atoms with van der Waals surface area (Å²) in [5.41, 5.74) is 0.512. The molecule has 23 heavy (non-hydrogen) atoms. The summed E-state index contributed by atoms with van der Waals surface area (Å²) in [6.07, 6.45) is 1.59. The molecule has 2 rings (SSSR count). The Morgan fingerprint density at radius 3 is 2.78 bits per heavy atom. The average molecular weight is 323 g/mol. The SMILES string of the molecule is CCn1cnnc1CNC(=O)N(C)[C@H](C)c1ccc(F)c(F)c1. The summed E-state index contributed by atoms with van der Waals surface area (Å²) in [4.78, 5) is 13.6. The van der Waals surface area contributed by atoms with Gasteiger partial charge in [-0.05, 0) is 31.5 Å². The van der Waals surface area contributed by atoms with Crippen LogP contribution in [-0.4, -0.2) is 32.7 Å². The number of aromatic nitrogens is 3. The lowest BCUT2D eigenvalue weighted by molar-refractivity contribution is 0.193. The van der Waals surface area contributed by atoms with Crippen molar-refractivity contribution in [1.29, 1.82) is 0 Å². The van der Waals surface area contributed by atoms with Crippen molar-refractivity contribution in [3.8, 4) is 0 Å². The number of hydrogen-bond donors (Lipinski definition) is 1. The van der Waals surface area contributed by atoms with Crippen molar-refractivity contribution in [3.05, 3.63) is 47.5 Å². The van der Waals surface area contributed by atoms with Gasteiger partial charge in [0.15, 0.2) is 17.5 Å². The summed E-state index contributed by atoms with van der Waals surface area (Å²) in [6, 6.07) is 2.86. The van der Waals surface area contributed by atoms with Gasteiger partial charge in [-0.25, -0.2) is 13.6 Å². The van der Waals surface area contributed by atoms with Gasteiger partial charge in [0.2, 0.25) is 0 Å². The number of nitrogens with one attached hydrogen (secondary N) is 1. The highest BCUT2D eigenvalue weighted by Crippen LogP contribution is 2.20. The molecule has 2 aromatic rings. The van der Waals surface area contributed by atoms with E-state index in [2.05, 4.69) is 15.5 Å². The second kappa shape index (κ2) is 7.17. The third-order valence-electron chi connectivity index (χ3n) is 3.76. The predicted octanol–water partition coefficient (Wildman–Crippen LogP) is 2.48. The number of halogens is 2. The summed E-state index contributed by atoms with van der Waals surface area (Å²) >= 11 is 0. The van der Waals surface area contributed by atoms with E-state index in [-0.39, 0.29) is 12.6 Å². The van der Waals surface area contributed by atoms with Crippen LogP contribution in [0.5, 0.6) is 0 Å². The van der Waals surface area contributed by atoms with E-state index in [0.29, 0.717) is 17.9 Å². The molecule has 0 radical (unpaired) electrons.